The molecule has 1 aliphatic heterocycles. The van der Waals surface area contributed by atoms with E-state index in [0.717, 1.165) is 25.1 Å². The van der Waals surface area contributed by atoms with Gasteiger partial charge >= 0.3 is 0 Å². The Balaban J connectivity index is 1.56. The molecule has 128 valence electrons. The largest absolute Gasteiger partial charge is 0.376 e. The molecule has 7 heteroatoms. The number of imidazole rings is 1. The zero-order valence-electron chi connectivity index (χ0n) is 13.4. The third-order valence-corrected chi connectivity index (χ3v) is 4.23. The summed E-state index contributed by atoms with van der Waals surface area (Å²) in [5, 5.41) is 3.34. The predicted octanol–water partition coefficient (Wildman–Crippen LogP) is 3.05. The van der Waals surface area contributed by atoms with Gasteiger partial charge in [-0.2, -0.15) is 0 Å². The number of ether oxygens (including phenoxy) is 2. The molecule has 1 saturated heterocycles. The molecule has 2 aromatic rings. The number of aromatic nitrogens is 2. The van der Waals surface area contributed by atoms with Crippen LogP contribution in [0.2, 0.25) is 5.02 Å². The highest BCUT2D eigenvalue weighted by molar-refractivity contribution is 6.32. The first-order valence-corrected chi connectivity index (χ1v) is 8.33. The van der Waals surface area contributed by atoms with Gasteiger partial charge in [0.15, 0.2) is 0 Å². The molecular weight excluding hydrogens is 330 g/mol. The van der Waals surface area contributed by atoms with Crippen LogP contribution < -0.4 is 5.32 Å². The topological polar surface area (TPSA) is 65.4 Å². The van der Waals surface area contributed by atoms with Gasteiger partial charge in [-0.05, 0) is 38.0 Å². The lowest BCUT2D eigenvalue weighted by atomic mass is 10.2. The normalized spacial score (nSPS) is 18.5. The molecule has 6 nitrogen and oxygen atoms in total. The van der Waals surface area contributed by atoms with E-state index in [-0.39, 0.29) is 12.0 Å². The first-order chi connectivity index (χ1) is 11.6. The van der Waals surface area contributed by atoms with Crippen LogP contribution in [0.1, 0.15) is 19.8 Å². The Hall–Kier alpha value is -1.89. The highest BCUT2D eigenvalue weighted by Gasteiger charge is 2.20. The molecule has 1 N–H and O–H groups in total. The molecular formula is C17H20ClN3O3. The summed E-state index contributed by atoms with van der Waals surface area (Å²) >= 11 is 6.28. The number of nitrogens with zero attached hydrogens (tertiary/aromatic N) is 2. The average molecular weight is 350 g/mol. The van der Waals surface area contributed by atoms with Crippen molar-refractivity contribution in [2.75, 3.05) is 18.5 Å². The van der Waals surface area contributed by atoms with Crippen LogP contribution in [0.15, 0.2) is 36.9 Å². The minimum Gasteiger partial charge on any atom is -0.376 e. The van der Waals surface area contributed by atoms with Gasteiger partial charge in [-0.1, -0.05) is 11.6 Å². The van der Waals surface area contributed by atoms with E-state index in [1.807, 2.05) is 6.07 Å². The van der Waals surface area contributed by atoms with Crippen LogP contribution in [0.4, 0.5) is 5.69 Å². The van der Waals surface area contributed by atoms with Crippen LogP contribution in [0.25, 0.3) is 5.69 Å². The van der Waals surface area contributed by atoms with Gasteiger partial charge in [-0.3, -0.25) is 4.79 Å². The van der Waals surface area contributed by atoms with Gasteiger partial charge in [0.2, 0.25) is 0 Å². The van der Waals surface area contributed by atoms with E-state index in [4.69, 9.17) is 21.1 Å². The Morgan fingerprint density at radius 3 is 3.12 bits per heavy atom. The van der Waals surface area contributed by atoms with Crippen molar-refractivity contribution in [3.8, 4) is 5.69 Å². The maximum Gasteiger partial charge on any atom is 0.253 e. The smallest absolute Gasteiger partial charge is 0.253 e. The van der Waals surface area contributed by atoms with Gasteiger partial charge in [0, 0.05) is 24.7 Å². The summed E-state index contributed by atoms with van der Waals surface area (Å²) in [5.74, 6) is -0.209. The van der Waals surface area contributed by atoms with Crippen molar-refractivity contribution < 1.29 is 14.3 Å². The molecule has 0 saturated carbocycles. The SMILES string of the molecule is C[C@H](OC[C@@H]1CCCO1)C(=O)Nc1ccc(-n2ccnc2)c(Cl)c1. The minimum absolute atomic E-state index is 0.101. The Labute approximate surface area is 145 Å². The highest BCUT2D eigenvalue weighted by atomic mass is 35.5. The highest BCUT2D eigenvalue weighted by Crippen LogP contribution is 2.24. The lowest BCUT2D eigenvalue weighted by Gasteiger charge is -2.16. The molecule has 2 atom stereocenters. The van der Waals surface area contributed by atoms with Gasteiger partial charge in [0.1, 0.15) is 6.10 Å². The molecule has 24 heavy (non-hydrogen) atoms. The summed E-state index contributed by atoms with van der Waals surface area (Å²) in [6.45, 7) is 2.94. The van der Waals surface area contributed by atoms with Crippen LogP contribution in [-0.2, 0) is 14.3 Å². The fraction of sp³-hybridized carbons (Fsp3) is 0.412. The van der Waals surface area contributed by atoms with E-state index in [0.29, 0.717) is 17.3 Å². The van der Waals surface area contributed by atoms with E-state index in [1.165, 1.54) is 0 Å². The zero-order chi connectivity index (χ0) is 16.9. The first kappa shape index (κ1) is 17.0. The maximum absolute atomic E-state index is 12.2. The van der Waals surface area contributed by atoms with Crippen LogP contribution in [0.3, 0.4) is 0 Å². The number of carbonyl (C=O) groups excluding carboxylic acids is 1. The molecule has 1 aromatic carbocycles. The second kappa shape index (κ2) is 7.79. The summed E-state index contributed by atoms with van der Waals surface area (Å²) in [6, 6.07) is 5.34. The summed E-state index contributed by atoms with van der Waals surface area (Å²) in [7, 11) is 0. The van der Waals surface area contributed by atoms with E-state index in [9.17, 15) is 4.79 Å². The Morgan fingerprint density at radius 1 is 1.58 bits per heavy atom. The third kappa shape index (κ3) is 4.14. The average Bonchev–Trinajstić information content (AvgIpc) is 3.26. The second-order valence-electron chi connectivity index (χ2n) is 5.74. The molecule has 1 aromatic heterocycles. The van der Waals surface area contributed by atoms with Crippen molar-refractivity contribution >= 4 is 23.2 Å². The van der Waals surface area contributed by atoms with Crippen LogP contribution in [0.5, 0.6) is 0 Å². The van der Waals surface area contributed by atoms with E-state index in [1.54, 1.807) is 42.3 Å². The zero-order valence-corrected chi connectivity index (χ0v) is 14.2. The number of anilines is 1. The third-order valence-electron chi connectivity index (χ3n) is 3.92. The van der Waals surface area contributed by atoms with Crippen molar-refractivity contribution in [1.29, 1.82) is 0 Å². The quantitative estimate of drug-likeness (QED) is 0.870. The molecule has 1 fully saturated rings. The first-order valence-electron chi connectivity index (χ1n) is 7.95. The summed E-state index contributed by atoms with van der Waals surface area (Å²) < 4.78 is 12.9. The maximum atomic E-state index is 12.2. The number of carbonyl (C=O) groups is 1. The molecule has 3 rings (SSSR count). The molecule has 1 aliphatic rings. The lowest BCUT2D eigenvalue weighted by molar-refractivity contribution is -0.128. The molecule has 2 heterocycles. The Kier molecular flexibility index (Phi) is 5.50. The number of hydrogen-bond donors (Lipinski definition) is 1. The molecule has 1 amide bonds. The van der Waals surface area contributed by atoms with Gasteiger partial charge in [-0.25, -0.2) is 4.98 Å². The van der Waals surface area contributed by atoms with Gasteiger partial charge < -0.3 is 19.4 Å². The fourth-order valence-electron chi connectivity index (χ4n) is 2.54. The summed E-state index contributed by atoms with van der Waals surface area (Å²) in [5.41, 5.74) is 1.43. The standard InChI is InChI=1S/C17H20ClN3O3/c1-12(24-10-14-3-2-8-23-14)17(22)20-13-4-5-16(15(18)9-13)21-7-6-19-11-21/h4-7,9,11-12,14H,2-3,8,10H2,1H3,(H,20,22)/t12-,14-/m0/s1. The number of amides is 1. The fourth-order valence-corrected chi connectivity index (χ4v) is 2.82. The van der Waals surface area contributed by atoms with Gasteiger partial charge in [0.05, 0.1) is 29.7 Å². The predicted molar refractivity (Wildman–Crippen MR) is 91.6 cm³/mol. The van der Waals surface area contributed by atoms with Crippen molar-refractivity contribution in [2.45, 2.75) is 32.0 Å². The lowest BCUT2D eigenvalue weighted by Crippen LogP contribution is -2.30. The number of nitrogens with one attached hydrogen (secondary N) is 1. The van der Waals surface area contributed by atoms with Crippen LogP contribution >= 0.6 is 11.6 Å². The van der Waals surface area contributed by atoms with Crippen molar-refractivity contribution in [1.82, 2.24) is 9.55 Å². The summed E-state index contributed by atoms with van der Waals surface area (Å²) in [4.78, 5) is 16.2. The van der Waals surface area contributed by atoms with E-state index < -0.39 is 6.10 Å². The van der Waals surface area contributed by atoms with Crippen LogP contribution in [-0.4, -0.2) is 40.9 Å². The second-order valence-corrected chi connectivity index (χ2v) is 6.14. The molecule has 0 spiro atoms. The van der Waals surface area contributed by atoms with Crippen molar-refractivity contribution in [3.63, 3.8) is 0 Å². The number of hydrogen-bond acceptors (Lipinski definition) is 4. The monoisotopic (exact) mass is 349 g/mol. The molecule has 0 unspecified atom stereocenters. The Bertz CT molecular complexity index is 684. The van der Waals surface area contributed by atoms with Crippen LogP contribution in [0, 0.1) is 0 Å². The van der Waals surface area contributed by atoms with Gasteiger partial charge in [0.25, 0.3) is 5.91 Å². The van der Waals surface area contributed by atoms with Crippen molar-refractivity contribution in [2.24, 2.45) is 0 Å². The number of benzene rings is 1. The number of rotatable bonds is 6. The number of halogens is 1. The Morgan fingerprint density at radius 2 is 2.46 bits per heavy atom. The molecule has 0 radical (unpaired) electrons. The van der Waals surface area contributed by atoms with E-state index >= 15 is 0 Å². The van der Waals surface area contributed by atoms with Gasteiger partial charge in [-0.15, -0.1) is 0 Å². The molecule has 0 aliphatic carbocycles. The molecule has 0 bridgehead atoms. The van der Waals surface area contributed by atoms with Crippen molar-refractivity contribution in [3.05, 3.63) is 41.9 Å². The minimum atomic E-state index is -0.554. The summed E-state index contributed by atoms with van der Waals surface area (Å²) in [6.07, 6.45) is 6.74. The van der Waals surface area contributed by atoms with E-state index in [2.05, 4.69) is 10.3 Å².